The van der Waals surface area contributed by atoms with Gasteiger partial charge in [0, 0.05) is 25.3 Å². The third-order valence-corrected chi connectivity index (χ3v) is 5.59. The van der Waals surface area contributed by atoms with Gasteiger partial charge in [0.05, 0.1) is 27.7 Å². The zero-order valence-corrected chi connectivity index (χ0v) is 19.4. The molecule has 0 aromatic carbocycles. The summed E-state index contributed by atoms with van der Waals surface area (Å²) >= 11 is 6.30. The minimum Gasteiger partial charge on any atom is -0.456 e. The maximum Gasteiger partial charge on any atom is 0.340 e. The molecule has 1 saturated heterocycles. The number of carbonyl (C=O) groups is 1. The maximum absolute atomic E-state index is 12.8. The molecule has 162 valence electrons. The monoisotopic (exact) mass is 430 g/mol. The molecule has 3 heterocycles. The fraction of sp³-hybridized carbons (Fsp3) is 0.522. The van der Waals surface area contributed by atoms with Gasteiger partial charge in [0.25, 0.3) is 0 Å². The van der Waals surface area contributed by atoms with Crippen LogP contribution in [-0.4, -0.2) is 40.7 Å². The molecule has 1 N–H and O–H groups in total. The first-order valence-corrected chi connectivity index (χ1v) is 10.8. The highest BCUT2D eigenvalue weighted by Gasteiger charge is 2.26. The Bertz CT molecular complexity index is 932. The van der Waals surface area contributed by atoms with Crippen LogP contribution < -0.4 is 10.2 Å². The van der Waals surface area contributed by atoms with E-state index in [-0.39, 0.29) is 12.0 Å². The van der Waals surface area contributed by atoms with Crippen LogP contribution in [0.2, 0.25) is 5.02 Å². The lowest BCUT2D eigenvalue weighted by atomic mass is 10.0. The number of hydrogen-bond acceptors (Lipinski definition) is 6. The van der Waals surface area contributed by atoms with E-state index in [9.17, 15) is 4.79 Å². The maximum atomic E-state index is 12.8. The second-order valence-corrected chi connectivity index (χ2v) is 9.28. The van der Waals surface area contributed by atoms with Crippen molar-refractivity contribution in [2.24, 2.45) is 0 Å². The second-order valence-electron chi connectivity index (χ2n) is 8.87. The van der Waals surface area contributed by atoms with Gasteiger partial charge in [-0.25, -0.2) is 9.78 Å². The summed E-state index contributed by atoms with van der Waals surface area (Å²) in [5, 5.41) is 4.32. The van der Waals surface area contributed by atoms with Gasteiger partial charge >= 0.3 is 5.97 Å². The fourth-order valence-electron chi connectivity index (χ4n) is 3.92. The van der Waals surface area contributed by atoms with Crippen molar-refractivity contribution < 1.29 is 9.53 Å². The number of anilines is 2. The van der Waals surface area contributed by atoms with E-state index >= 15 is 0 Å². The molecule has 6 nitrogen and oxygen atoms in total. The van der Waals surface area contributed by atoms with Crippen LogP contribution in [0.3, 0.4) is 0 Å². The second kappa shape index (κ2) is 8.80. The van der Waals surface area contributed by atoms with Crippen LogP contribution in [0, 0.1) is 20.8 Å². The zero-order chi connectivity index (χ0) is 22.1. The topological polar surface area (TPSA) is 67.3 Å². The van der Waals surface area contributed by atoms with E-state index in [4.69, 9.17) is 16.3 Å². The lowest BCUT2D eigenvalue weighted by Gasteiger charge is -2.34. The Morgan fingerprint density at radius 1 is 1.20 bits per heavy atom. The largest absolute Gasteiger partial charge is 0.456 e. The molecular weight excluding hydrogens is 400 g/mol. The number of rotatable bonds is 4. The summed E-state index contributed by atoms with van der Waals surface area (Å²) in [6.07, 6.45) is 3.66. The molecule has 0 radical (unpaired) electrons. The van der Waals surface area contributed by atoms with E-state index in [1.807, 2.05) is 53.7 Å². The highest BCUT2D eigenvalue weighted by molar-refractivity contribution is 6.32. The molecule has 30 heavy (non-hydrogen) atoms. The minimum absolute atomic E-state index is 0.289. The SMILES string of the molecule is Cc1nc(C)c(C(=O)OC(C)(C)C)c(C)c1NC1CCN(c2ncccc2Cl)CC1. The van der Waals surface area contributed by atoms with E-state index in [2.05, 4.69) is 20.2 Å². The van der Waals surface area contributed by atoms with Crippen LogP contribution in [0.5, 0.6) is 0 Å². The Balaban J connectivity index is 1.75. The Morgan fingerprint density at radius 3 is 2.47 bits per heavy atom. The average molecular weight is 431 g/mol. The van der Waals surface area contributed by atoms with Crippen LogP contribution in [-0.2, 0) is 4.74 Å². The van der Waals surface area contributed by atoms with Gasteiger partial charge in [-0.1, -0.05) is 11.6 Å². The molecule has 0 atom stereocenters. The highest BCUT2D eigenvalue weighted by Crippen LogP contribution is 2.30. The number of nitrogens with zero attached hydrogens (tertiary/aromatic N) is 3. The summed E-state index contributed by atoms with van der Waals surface area (Å²) in [4.78, 5) is 24.0. The number of carbonyl (C=O) groups excluding carboxylic acids is 1. The Morgan fingerprint density at radius 2 is 1.87 bits per heavy atom. The minimum atomic E-state index is -0.548. The van der Waals surface area contributed by atoms with Gasteiger partial charge in [0.15, 0.2) is 0 Å². The number of hydrogen-bond donors (Lipinski definition) is 1. The molecule has 2 aromatic rings. The van der Waals surface area contributed by atoms with Crippen molar-refractivity contribution >= 4 is 29.1 Å². The number of halogens is 1. The third-order valence-electron chi connectivity index (χ3n) is 5.29. The fourth-order valence-corrected chi connectivity index (χ4v) is 4.16. The van der Waals surface area contributed by atoms with E-state index in [1.54, 1.807) is 6.20 Å². The van der Waals surface area contributed by atoms with E-state index in [1.165, 1.54) is 0 Å². The van der Waals surface area contributed by atoms with Gasteiger partial charge < -0.3 is 15.0 Å². The van der Waals surface area contributed by atoms with Crippen LogP contribution in [0.4, 0.5) is 11.5 Å². The molecule has 1 aliphatic rings. The summed E-state index contributed by atoms with van der Waals surface area (Å²) in [6, 6.07) is 4.01. The number of esters is 1. The lowest BCUT2D eigenvalue weighted by molar-refractivity contribution is 0.00675. The van der Waals surface area contributed by atoms with Gasteiger partial charge in [-0.3, -0.25) is 4.98 Å². The lowest BCUT2D eigenvalue weighted by Crippen LogP contribution is -2.40. The van der Waals surface area contributed by atoms with E-state index < -0.39 is 5.60 Å². The third kappa shape index (κ3) is 5.04. The molecule has 7 heteroatoms. The predicted molar refractivity (Wildman–Crippen MR) is 122 cm³/mol. The van der Waals surface area contributed by atoms with Crippen LogP contribution >= 0.6 is 11.6 Å². The molecule has 0 bridgehead atoms. The van der Waals surface area contributed by atoms with Crippen molar-refractivity contribution in [3.63, 3.8) is 0 Å². The number of pyridine rings is 2. The standard InChI is InChI=1S/C23H31ClN4O2/c1-14-19(22(29)30-23(4,5)6)15(2)26-16(3)20(14)27-17-9-12-28(13-10-17)21-18(24)8-7-11-25-21/h7-8,11,17,27H,9-10,12-13H2,1-6H3. The molecule has 0 aliphatic carbocycles. The summed E-state index contributed by atoms with van der Waals surface area (Å²) in [5.74, 6) is 0.516. The quantitative estimate of drug-likeness (QED) is 0.681. The Kier molecular flexibility index (Phi) is 6.56. The molecule has 0 spiro atoms. The molecule has 0 unspecified atom stereocenters. The van der Waals surface area contributed by atoms with Gasteiger partial charge in [-0.2, -0.15) is 0 Å². The number of aromatic nitrogens is 2. The van der Waals surface area contributed by atoms with Crippen molar-refractivity contribution in [3.05, 3.63) is 45.9 Å². The Labute approximate surface area is 184 Å². The van der Waals surface area contributed by atoms with Crippen molar-refractivity contribution in [2.75, 3.05) is 23.3 Å². The summed E-state index contributed by atoms with van der Waals surface area (Å²) < 4.78 is 5.61. The number of nitrogens with one attached hydrogen (secondary N) is 1. The molecule has 1 fully saturated rings. The first kappa shape index (κ1) is 22.3. The van der Waals surface area contributed by atoms with Crippen molar-refractivity contribution in [2.45, 2.75) is 66.0 Å². The van der Waals surface area contributed by atoms with E-state index in [0.29, 0.717) is 16.3 Å². The van der Waals surface area contributed by atoms with Gasteiger partial charge in [-0.15, -0.1) is 0 Å². The smallest absolute Gasteiger partial charge is 0.340 e. The first-order valence-electron chi connectivity index (χ1n) is 10.4. The molecular formula is C23H31ClN4O2. The number of ether oxygens (including phenoxy) is 1. The molecule has 2 aromatic heterocycles. The highest BCUT2D eigenvalue weighted by atomic mass is 35.5. The summed E-state index contributed by atoms with van der Waals surface area (Å²) in [6.45, 7) is 13.2. The first-order chi connectivity index (χ1) is 14.1. The normalized spacial score (nSPS) is 15.2. The van der Waals surface area contributed by atoms with Crippen LogP contribution in [0.25, 0.3) is 0 Å². The molecule has 0 saturated carbocycles. The van der Waals surface area contributed by atoms with Crippen LogP contribution in [0.15, 0.2) is 18.3 Å². The van der Waals surface area contributed by atoms with Crippen molar-refractivity contribution in [1.29, 1.82) is 0 Å². The molecule has 0 amide bonds. The summed E-state index contributed by atoms with van der Waals surface area (Å²) in [7, 11) is 0. The Hall–Kier alpha value is -2.34. The number of piperidine rings is 1. The average Bonchev–Trinajstić information content (AvgIpc) is 2.64. The molecule has 1 aliphatic heterocycles. The van der Waals surface area contributed by atoms with Crippen molar-refractivity contribution in [1.82, 2.24) is 9.97 Å². The predicted octanol–water partition coefficient (Wildman–Crippen LogP) is 5.09. The van der Waals surface area contributed by atoms with Gasteiger partial charge in [0.2, 0.25) is 0 Å². The van der Waals surface area contributed by atoms with Crippen LogP contribution in [0.1, 0.15) is 60.9 Å². The van der Waals surface area contributed by atoms with Gasteiger partial charge in [0.1, 0.15) is 11.4 Å². The molecule has 3 rings (SSSR count). The van der Waals surface area contributed by atoms with Crippen molar-refractivity contribution in [3.8, 4) is 0 Å². The number of aryl methyl sites for hydroxylation is 2. The van der Waals surface area contributed by atoms with Gasteiger partial charge in [-0.05, 0) is 72.1 Å². The zero-order valence-electron chi connectivity index (χ0n) is 18.7. The summed E-state index contributed by atoms with van der Waals surface area (Å²) in [5.41, 5.74) is 3.42. The van der Waals surface area contributed by atoms with E-state index in [0.717, 1.165) is 48.7 Å².